The van der Waals surface area contributed by atoms with Gasteiger partial charge in [-0.2, -0.15) is 0 Å². The van der Waals surface area contributed by atoms with Crippen LogP contribution in [0.5, 0.6) is 0 Å². The second-order valence-electron chi connectivity index (χ2n) is 28.0. The zero-order valence-electron chi connectivity index (χ0n) is 49.4. The molecule has 5 saturated heterocycles. The number of carbonyl (C=O) groups is 1. The van der Waals surface area contributed by atoms with Crippen molar-refractivity contribution in [2.45, 2.75) is 253 Å². The van der Waals surface area contributed by atoms with Crippen LogP contribution in [-0.4, -0.2) is 286 Å². The van der Waals surface area contributed by atoms with Gasteiger partial charge in [-0.25, -0.2) is 0 Å². The van der Waals surface area contributed by atoms with Crippen LogP contribution >= 0.6 is 0 Å². The summed E-state index contributed by atoms with van der Waals surface area (Å²) >= 11 is 0. The van der Waals surface area contributed by atoms with Crippen LogP contribution in [0.15, 0.2) is 11.6 Å². The Morgan fingerprint density at radius 2 is 1.09 bits per heavy atom. The van der Waals surface area contributed by atoms with E-state index in [1.54, 1.807) is 6.92 Å². The molecule has 5 aliphatic heterocycles. The second kappa shape index (κ2) is 24.9. The maximum absolute atomic E-state index is 14.3. The highest BCUT2D eigenvalue weighted by atomic mass is 16.8. The summed E-state index contributed by atoms with van der Waals surface area (Å²) in [5, 5.41) is 184. The zero-order chi connectivity index (χ0) is 62.7. The van der Waals surface area contributed by atoms with E-state index in [1.165, 1.54) is 0 Å². The molecule has 28 nitrogen and oxygen atoms in total. The van der Waals surface area contributed by atoms with Crippen molar-refractivity contribution in [1.82, 2.24) is 0 Å². The maximum Gasteiger partial charge on any atom is 0.314 e. The fourth-order valence-electron chi connectivity index (χ4n) is 17.5. The summed E-state index contributed by atoms with van der Waals surface area (Å²) in [6.45, 7) is 9.06. The molecular weight excluding hydrogens is 1140 g/mol. The standard InChI is InChI=1S/C58H94O28/c1-53(2)30-9-12-56(5)31(8-7-23-24-15-54(3,13-14-58(24,22-62)32(64)16-57(23,56)6)52(76)86-49-44(75)40(71)36(67)27(18-60)80-49)55(30,4)11-10-33(53)83-50-45(85-48-43(74)39(70)35(66)26(17-59)79-48)38(69)29(21-78-50)82-51-46(41(72)37(68)28(19-61)81-51)84-47-42(73)34(65)25(63)20-77-47/h7,24-51,59-75H,8-22H2,1-6H3. The Morgan fingerprint density at radius 1 is 0.535 bits per heavy atom. The molecular formula is C58H94O28. The topological polar surface area (TPSA) is 453 Å². The Balaban J connectivity index is 0.891. The molecule has 28 heteroatoms. The third kappa shape index (κ3) is 11.0. The van der Waals surface area contributed by atoms with Crippen molar-refractivity contribution >= 4 is 5.97 Å². The second-order valence-corrected chi connectivity index (χ2v) is 28.0. The quantitative estimate of drug-likeness (QED) is 0.0440. The van der Waals surface area contributed by atoms with Gasteiger partial charge < -0.3 is 134 Å². The third-order valence-corrected chi connectivity index (χ3v) is 23.2. The van der Waals surface area contributed by atoms with Gasteiger partial charge in [-0.3, -0.25) is 4.79 Å². The SMILES string of the molecule is CC1(C(=O)OC2OC(CO)C(O)C(O)C2O)CCC2(CO)C(O)CC3(C)C(=CCC4C5(C)CCC(OC6OCC(OC7OC(CO)C(O)C(O)C7OC7OCC(O)C(O)C7O)C(O)C6OC6OC(CO)C(O)C(O)C6O)C(C)(C)C5CCC43C)C2C1. The molecule has 9 fully saturated rings. The van der Waals surface area contributed by atoms with Gasteiger partial charge in [0.2, 0.25) is 6.29 Å². The maximum atomic E-state index is 14.3. The summed E-state index contributed by atoms with van der Waals surface area (Å²) in [7, 11) is 0. The molecule has 0 bridgehead atoms. The van der Waals surface area contributed by atoms with E-state index in [4.69, 9.17) is 47.4 Å². The lowest BCUT2D eigenvalue weighted by Gasteiger charge is -2.72. The first-order valence-electron chi connectivity index (χ1n) is 30.4. The van der Waals surface area contributed by atoms with Crippen molar-refractivity contribution in [3.63, 3.8) is 0 Å². The molecule has 0 spiro atoms. The predicted molar refractivity (Wildman–Crippen MR) is 286 cm³/mol. The number of rotatable bonds is 14. The lowest BCUT2D eigenvalue weighted by atomic mass is 9.33. The van der Waals surface area contributed by atoms with Gasteiger partial charge in [-0.05, 0) is 104 Å². The molecule has 0 amide bonds. The Bertz CT molecular complexity index is 2390. The number of carbonyl (C=O) groups excluding carboxylic acids is 1. The fourth-order valence-corrected chi connectivity index (χ4v) is 17.5. The zero-order valence-corrected chi connectivity index (χ0v) is 49.4. The van der Waals surface area contributed by atoms with Gasteiger partial charge in [0, 0.05) is 5.41 Å². The molecule has 0 radical (unpaired) electrons. The average Bonchev–Trinajstić information content (AvgIpc) is 0.717. The van der Waals surface area contributed by atoms with E-state index in [-0.39, 0.29) is 43.1 Å². The minimum absolute atomic E-state index is 0.0161. The highest BCUT2D eigenvalue weighted by Crippen LogP contribution is 2.76. The van der Waals surface area contributed by atoms with Crippen LogP contribution in [0.1, 0.15) is 99.3 Å². The first-order valence-corrected chi connectivity index (χ1v) is 30.4. The number of fused-ring (bicyclic) bond motifs is 7. The predicted octanol–water partition coefficient (Wildman–Crippen LogP) is -4.99. The molecule has 0 aromatic carbocycles. The van der Waals surface area contributed by atoms with Crippen LogP contribution in [0.3, 0.4) is 0 Å². The molecule has 5 heterocycles. The van der Waals surface area contributed by atoms with E-state index in [9.17, 15) is 91.6 Å². The van der Waals surface area contributed by atoms with Gasteiger partial charge >= 0.3 is 5.97 Å². The summed E-state index contributed by atoms with van der Waals surface area (Å²) in [6, 6.07) is 0. The summed E-state index contributed by atoms with van der Waals surface area (Å²) in [5.74, 6) is -1.18. The fraction of sp³-hybridized carbons (Fsp3) is 0.948. The molecule has 86 heavy (non-hydrogen) atoms. The molecule has 4 saturated carbocycles. The summed E-state index contributed by atoms with van der Waals surface area (Å²) < 4.78 is 60.0. The van der Waals surface area contributed by atoms with Crippen LogP contribution in [0.2, 0.25) is 0 Å². The number of esters is 1. The first-order chi connectivity index (χ1) is 40.4. The highest BCUT2D eigenvalue weighted by molar-refractivity contribution is 5.77. The van der Waals surface area contributed by atoms with Crippen molar-refractivity contribution in [2.75, 3.05) is 39.6 Å². The van der Waals surface area contributed by atoms with Gasteiger partial charge in [0.05, 0.1) is 57.3 Å². The van der Waals surface area contributed by atoms with Crippen molar-refractivity contribution in [3.05, 3.63) is 11.6 Å². The molecule has 5 aliphatic carbocycles. The molecule has 0 aromatic heterocycles. The summed E-state index contributed by atoms with van der Waals surface area (Å²) in [6.07, 6.45) is -34.1. The van der Waals surface area contributed by atoms with Gasteiger partial charge in [0.15, 0.2) is 25.2 Å². The monoisotopic (exact) mass is 1240 g/mol. The minimum atomic E-state index is -1.94. The van der Waals surface area contributed by atoms with Gasteiger partial charge in [-0.1, -0.05) is 46.3 Å². The molecule has 0 aromatic rings. The van der Waals surface area contributed by atoms with Crippen molar-refractivity contribution < 1.29 is 139 Å². The van der Waals surface area contributed by atoms with Gasteiger partial charge in [0.25, 0.3) is 0 Å². The Kier molecular flexibility index (Phi) is 19.4. The van der Waals surface area contributed by atoms with E-state index in [1.807, 2.05) is 0 Å². The van der Waals surface area contributed by atoms with E-state index >= 15 is 0 Å². The van der Waals surface area contributed by atoms with Crippen molar-refractivity contribution in [3.8, 4) is 0 Å². The lowest BCUT2D eigenvalue weighted by molar-refractivity contribution is -0.392. The van der Waals surface area contributed by atoms with Crippen LogP contribution in [0, 0.1) is 50.2 Å². The van der Waals surface area contributed by atoms with E-state index in [2.05, 4.69) is 40.7 Å². The molecule has 17 N–H and O–H groups in total. The Labute approximate surface area is 498 Å². The van der Waals surface area contributed by atoms with Crippen LogP contribution < -0.4 is 0 Å². The smallest absolute Gasteiger partial charge is 0.314 e. The number of hydrogen-bond acceptors (Lipinski definition) is 28. The molecule has 33 unspecified atom stereocenters. The van der Waals surface area contributed by atoms with E-state index in [0.29, 0.717) is 38.5 Å². The summed E-state index contributed by atoms with van der Waals surface area (Å²) in [4.78, 5) is 14.3. The lowest BCUT2D eigenvalue weighted by Crippen LogP contribution is -2.68. The van der Waals surface area contributed by atoms with Crippen LogP contribution in [-0.2, 0) is 52.2 Å². The highest BCUT2D eigenvalue weighted by Gasteiger charge is 2.71. The third-order valence-electron chi connectivity index (χ3n) is 23.2. The molecule has 10 aliphatic rings. The Morgan fingerprint density at radius 3 is 1.72 bits per heavy atom. The number of aliphatic hydroxyl groups excluding tert-OH is 17. The number of allylic oxidation sites excluding steroid dienone is 2. The largest absolute Gasteiger partial charge is 0.432 e. The number of ether oxygens (including phenoxy) is 10. The van der Waals surface area contributed by atoms with Gasteiger partial charge in [-0.15, -0.1) is 0 Å². The molecule has 494 valence electrons. The van der Waals surface area contributed by atoms with E-state index in [0.717, 1.165) is 5.57 Å². The van der Waals surface area contributed by atoms with Crippen LogP contribution in [0.4, 0.5) is 0 Å². The normalized spacial score (nSPS) is 54.8. The molecule has 33 atom stereocenters. The van der Waals surface area contributed by atoms with Gasteiger partial charge in [0.1, 0.15) is 110 Å². The van der Waals surface area contributed by atoms with E-state index < -0.39 is 226 Å². The van der Waals surface area contributed by atoms with Crippen LogP contribution in [0.25, 0.3) is 0 Å². The number of aliphatic hydroxyl groups is 17. The minimum Gasteiger partial charge on any atom is -0.432 e. The average molecular weight is 1240 g/mol. The summed E-state index contributed by atoms with van der Waals surface area (Å²) in [5.41, 5.74) is -3.20. The van der Waals surface area contributed by atoms with Crippen molar-refractivity contribution in [2.24, 2.45) is 50.2 Å². The number of hydrogen-bond donors (Lipinski definition) is 17. The Hall–Kier alpha value is -1.83. The molecule has 10 rings (SSSR count). The first kappa shape index (κ1) is 67.1. The van der Waals surface area contributed by atoms with Crippen molar-refractivity contribution in [1.29, 1.82) is 0 Å².